The average molecular weight is 449 g/mol. The molecule has 6 heteroatoms. The number of carbonyl (C=O) groups is 2. The number of nitrogens with one attached hydrogen (secondary N) is 1. The molecular weight excluding hydrogens is 419 g/mol. The number of nitrogens with zero attached hydrogens (tertiary/aromatic N) is 1. The largest absolute Gasteiger partial charge is 0.497 e. The predicted octanol–water partition coefficient (Wildman–Crippen LogP) is 5.59. The van der Waals surface area contributed by atoms with Crippen LogP contribution in [0, 0.1) is 11.7 Å². The number of halogens is 1. The van der Waals surface area contributed by atoms with Crippen molar-refractivity contribution >= 4 is 23.2 Å². The molecule has 172 valence electrons. The van der Waals surface area contributed by atoms with Gasteiger partial charge >= 0.3 is 0 Å². The summed E-state index contributed by atoms with van der Waals surface area (Å²) in [4.78, 5) is 27.0. The molecule has 33 heavy (non-hydrogen) atoms. The maximum Gasteiger partial charge on any atom is 0.228 e. The van der Waals surface area contributed by atoms with E-state index in [0.29, 0.717) is 17.8 Å². The van der Waals surface area contributed by atoms with E-state index in [1.165, 1.54) is 12.1 Å². The predicted molar refractivity (Wildman–Crippen MR) is 129 cm³/mol. The molecule has 0 spiro atoms. The summed E-state index contributed by atoms with van der Waals surface area (Å²) >= 11 is 0. The number of rotatable bonds is 9. The molecular formula is C27H29FN2O3. The monoisotopic (exact) mass is 448 g/mol. The molecule has 0 saturated heterocycles. The van der Waals surface area contributed by atoms with Gasteiger partial charge in [0.05, 0.1) is 20.1 Å². The third-order valence-electron chi connectivity index (χ3n) is 5.10. The SMILES string of the molecule is COc1ccc(NC(=O)Cc2ccc(N(Cc3cccc(F)c3)C(=O)CC(C)C)cc2)cc1. The molecule has 5 nitrogen and oxygen atoms in total. The number of hydrogen-bond donors (Lipinski definition) is 1. The van der Waals surface area contributed by atoms with Gasteiger partial charge in [0.1, 0.15) is 11.6 Å². The molecule has 0 aliphatic rings. The van der Waals surface area contributed by atoms with E-state index in [2.05, 4.69) is 5.32 Å². The van der Waals surface area contributed by atoms with E-state index >= 15 is 0 Å². The Labute approximate surface area is 194 Å². The Morgan fingerprint density at radius 1 is 0.970 bits per heavy atom. The lowest BCUT2D eigenvalue weighted by Crippen LogP contribution is -2.31. The fourth-order valence-electron chi connectivity index (χ4n) is 3.46. The summed E-state index contributed by atoms with van der Waals surface area (Å²) in [5, 5.41) is 2.86. The van der Waals surface area contributed by atoms with Crippen LogP contribution >= 0.6 is 0 Å². The minimum Gasteiger partial charge on any atom is -0.497 e. The number of anilines is 2. The molecule has 0 unspecified atom stereocenters. The average Bonchev–Trinajstić information content (AvgIpc) is 2.78. The maximum absolute atomic E-state index is 13.7. The van der Waals surface area contributed by atoms with Gasteiger partial charge in [-0.1, -0.05) is 38.1 Å². The van der Waals surface area contributed by atoms with E-state index in [4.69, 9.17) is 4.74 Å². The topological polar surface area (TPSA) is 58.6 Å². The van der Waals surface area contributed by atoms with Crippen molar-refractivity contribution in [3.8, 4) is 5.75 Å². The van der Waals surface area contributed by atoms with Crippen LogP contribution in [0.2, 0.25) is 0 Å². The first-order valence-corrected chi connectivity index (χ1v) is 10.9. The first-order valence-electron chi connectivity index (χ1n) is 10.9. The van der Waals surface area contributed by atoms with Crippen LogP contribution in [-0.2, 0) is 22.6 Å². The minimum absolute atomic E-state index is 0.0285. The van der Waals surface area contributed by atoms with Crippen molar-refractivity contribution in [2.75, 3.05) is 17.3 Å². The molecule has 0 heterocycles. The Morgan fingerprint density at radius 2 is 1.67 bits per heavy atom. The van der Waals surface area contributed by atoms with Gasteiger partial charge in [-0.3, -0.25) is 9.59 Å². The fraction of sp³-hybridized carbons (Fsp3) is 0.259. The van der Waals surface area contributed by atoms with Gasteiger partial charge in [-0.25, -0.2) is 4.39 Å². The van der Waals surface area contributed by atoms with Gasteiger partial charge in [0.2, 0.25) is 11.8 Å². The molecule has 3 aromatic rings. The molecule has 0 saturated carbocycles. The van der Waals surface area contributed by atoms with Crippen LogP contribution in [0.1, 0.15) is 31.4 Å². The van der Waals surface area contributed by atoms with Gasteiger partial charge in [-0.05, 0) is 65.6 Å². The van der Waals surface area contributed by atoms with Crippen molar-refractivity contribution in [1.29, 1.82) is 0 Å². The zero-order valence-corrected chi connectivity index (χ0v) is 19.2. The summed E-state index contributed by atoms with van der Waals surface area (Å²) in [6.07, 6.45) is 0.595. The second-order valence-electron chi connectivity index (χ2n) is 8.33. The van der Waals surface area contributed by atoms with Crippen LogP contribution in [-0.4, -0.2) is 18.9 Å². The van der Waals surface area contributed by atoms with E-state index in [0.717, 1.165) is 16.9 Å². The van der Waals surface area contributed by atoms with Crippen LogP contribution in [0.25, 0.3) is 0 Å². The third-order valence-corrected chi connectivity index (χ3v) is 5.10. The van der Waals surface area contributed by atoms with Crippen molar-refractivity contribution in [3.05, 3.63) is 89.7 Å². The Hall–Kier alpha value is -3.67. The Balaban J connectivity index is 1.70. The molecule has 2 amide bonds. The molecule has 0 fully saturated rings. The van der Waals surface area contributed by atoms with Gasteiger partial charge in [-0.15, -0.1) is 0 Å². The number of amides is 2. The number of methoxy groups -OCH3 is 1. The molecule has 0 bridgehead atoms. The van der Waals surface area contributed by atoms with E-state index in [1.807, 2.05) is 38.1 Å². The highest BCUT2D eigenvalue weighted by molar-refractivity contribution is 5.94. The molecule has 1 N–H and O–H groups in total. The summed E-state index contributed by atoms with van der Waals surface area (Å²) in [5.74, 6) is 0.425. The van der Waals surface area contributed by atoms with Crippen molar-refractivity contribution in [2.24, 2.45) is 5.92 Å². The lowest BCUT2D eigenvalue weighted by Gasteiger charge is -2.24. The van der Waals surface area contributed by atoms with E-state index < -0.39 is 0 Å². The summed E-state index contributed by atoms with van der Waals surface area (Å²) < 4.78 is 18.8. The van der Waals surface area contributed by atoms with Gasteiger partial charge in [0.15, 0.2) is 0 Å². The van der Waals surface area contributed by atoms with Crippen molar-refractivity contribution in [1.82, 2.24) is 0 Å². The van der Waals surface area contributed by atoms with Gasteiger partial charge < -0.3 is 15.0 Å². The van der Waals surface area contributed by atoms with Crippen LogP contribution in [0.4, 0.5) is 15.8 Å². The quantitative estimate of drug-likeness (QED) is 0.464. The van der Waals surface area contributed by atoms with Crippen LogP contribution < -0.4 is 15.0 Å². The fourth-order valence-corrected chi connectivity index (χ4v) is 3.46. The minimum atomic E-state index is -0.332. The van der Waals surface area contributed by atoms with Crippen molar-refractivity contribution in [3.63, 3.8) is 0 Å². The highest BCUT2D eigenvalue weighted by Crippen LogP contribution is 2.22. The molecule has 0 atom stereocenters. The molecule has 0 aromatic heterocycles. The smallest absolute Gasteiger partial charge is 0.228 e. The summed E-state index contributed by atoms with van der Waals surface area (Å²) in [7, 11) is 1.59. The van der Waals surface area contributed by atoms with E-state index in [9.17, 15) is 14.0 Å². The summed E-state index contributed by atoms with van der Waals surface area (Å²) in [6, 6.07) is 20.7. The van der Waals surface area contributed by atoms with E-state index in [1.54, 1.807) is 48.4 Å². The Bertz CT molecular complexity index is 1080. The zero-order chi connectivity index (χ0) is 23.8. The van der Waals surface area contributed by atoms with Gasteiger partial charge in [0.25, 0.3) is 0 Å². The second-order valence-corrected chi connectivity index (χ2v) is 8.33. The summed E-state index contributed by atoms with van der Waals surface area (Å²) in [6.45, 7) is 4.26. The number of benzene rings is 3. The lowest BCUT2D eigenvalue weighted by atomic mass is 10.1. The normalized spacial score (nSPS) is 10.7. The summed E-state index contributed by atoms with van der Waals surface area (Å²) in [5.41, 5.74) is 2.95. The van der Waals surface area contributed by atoms with Crippen LogP contribution in [0.5, 0.6) is 5.75 Å². The number of ether oxygens (including phenoxy) is 1. The first-order chi connectivity index (χ1) is 15.8. The highest BCUT2D eigenvalue weighted by atomic mass is 19.1. The lowest BCUT2D eigenvalue weighted by molar-refractivity contribution is -0.119. The number of carbonyl (C=O) groups excluding carboxylic acids is 2. The highest BCUT2D eigenvalue weighted by Gasteiger charge is 2.18. The Morgan fingerprint density at radius 3 is 2.27 bits per heavy atom. The molecule has 0 radical (unpaired) electrons. The first kappa shape index (κ1) is 24.0. The van der Waals surface area contributed by atoms with Gasteiger partial charge in [0, 0.05) is 17.8 Å². The van der Waals surface area contributed by atoms with Gasteiger partial charge in [-0.2, -0.15) is 0 Å². The van der Waals surface area contributed by atoms with Crippen molar-refractivity contribution in [2.45, 2.75) is 33.2 Å². The molecule has 3 aromatic carbocycles. The number of hydrogen-bond acceptors (Lipinski definition) is 3. The van der Waals surface area contributed by atoms with Crippen LogP contribution in [0.3, 0.4) is 0 Å². The zero-order valence-electron chi connectivity index (χ0n) is 19.2. The molecule has 3 rings (SSSR count). The Kier molecular flexibility index (Phi) is 8.19. The second kappa shape index (κ2) is 11.3. The van der Waals surface area contributed by atoms with Crippen molar-refractivity contribution < 1.29 is 18.7 Å². The third kappa shape index (κ3) is 7.17. The maximum atomic E-state index is 13.7. The van der Waals surface area contributed by atoms with E-state index in [-0.39, 0.29) is 36.5 Å². The van der Waals surface area contributed by atoms with Crippen LogP contribution in [0.15, 0.2) is 72.8 Å². The molecule has 0 aliphatic heterocycles. The standard InChI is InChI=1S/C27H29FN2O3/c1-19(2)15-27(32)30(18-21-5-4-6-22(28)16-21)24-11-7-20(8-12-24)17-26(31)29-23-9-13-25(33-3)14-10-23/h4-14,16,19H,15,17-18H2,1-3H3,(H,29,31). The molecule has 0 aliphatic carbocycles.